The summed E-state index contributed by atoms with van der Waals surface area (Å²) in [5.74, 6) is 0. The van der Waals surface area contributed by atoms with Crippen LogP contribution in [-0.4, -0.2) is 11.5 Å². The van der Waals surface area contributed by atoms with Crippen molar-refractivity contribution in [1.82, 2.24) is 4.98 Å². The lowest BCUT2D eigenvalue weighted by atomic mass is 10.2. The zero-order valence-corrected chi connectivity index (χ0v) is 10.7. The van der Waals surface area contributed by atoms with Crippen LogP contribution in [0.2, 0.25) is 0 Å². The van der Waals surface area contributed by atoms with Gasteiger partial charge in [0.2, 0.25) is 0 Å². The Bertz CT molecular complexity index is 480. The Hall–Kier alpha value is -1.32. The van der Waals surface area contributed by atoms with E-state index in [0.29, 0.717) is 6.54 Å². The van der Waals surface area contributed by atoms with Gasteiger partial charge in [-0.25, -0.2) is 4.98 Å². The minimum absolute atomic E-state index is 0.673. The van der Waals surface area contributed by atoms with Crippen molar-refractivity contribution < 1.29 is 0 Å². The summed E-state index contributed by atoms with van der Waals surface area (Å²) in [5.41, 5.74) is 7.97. The minimum Gasteiger partial charge on any atom is -0.330 e. The van der Waals surface area contributed by atoms with Crippen molar-refractivity contribution in [1.29, 1.82) is 0 Å². The van der Waals surface area contributed by atoms with Crippen LogP contribution in [-0.2, 0) is 6.42 Å². The van der Waals surface area contributed by atoms with E-state index in [4.69, 9.17) is 5.73 Å². The highest BCUT2D eigenvalue weighted by Gasteiger charge is 1.99. The number of aromatic nitrogens is 1. The van der Waals surface area contributed by atoms with E-state index in [-0.39, 0.29) is 0 Å². The predicted octanol–water partition coefficient (Wildman–Crippen LogP) is 3.04. The fourth-order valence-corrected chi connectivity index (χ4v) is 2.46. The quantitative estimate of drug-likeness (QED) is 0.898. The van der Waals surface area contributed by atoms with Crippen molar-refractivity contribution in [2.75, 3.05) is 6.54 Å². The van der Waals surface area contributed by atoms with E-state index < -0.39 is 0 Å². The molecule has 1 heterocycles. The van der Waals surface area contributed by atoms with Crippen molar-refractivity contribution in [3.63, 3.8) is 0 Å². The van der Waals surface area contributed by atoms with E-state index in [1.807, 2.05) is 6.20 Å². The molecule has 0 fully saturated rings. The first-order chi connectivity index (χ1) is 8.28. The number of nitrogens with two attached hydrogens (primary N) is 1. The van der Waals surface area contributed by atoms with Gasteiger partial charge in [-0.15, -0.1) is 0 Å². The Morgan fingerprint density at radius 1 is 1.24 bits per heavy atom. The molecule has 88 valence electrons. The minimum atomic E-state index is 0.673. The average molecular weight is 244 g/mol. The van der Waals surface area contributed by atoms with Gasteiger partial charge in [0.15, 0.2) is 0 Å². The van der Waals surface area contributed by atoms with Crippen LogP contribution in [0.15, 0.2) is 52.5 Å². The summed E-state index contributed by atoms with van der Waals surface area (Å²) in [7, 11) is 0. The lowest BCUT2D eigenvalue weighted by Gasteiger charge is -2.03. The molecule has 0 spiro atoms. The summed E-state index contributed by atoms with van der Waals surface area (Å²) in [6.07, 6.45) is 2.80. The Morgan fingerprint density at radius 2 is 2.12 bits per heavy atom. The van der Waals surface area contributed by atoms with Crippen molar-refractivity contribution >= 4 is 11.8 Å². The van der Waals surface area contributed by atoms with Crippen molar-refractivity contribution in [3.05, 3.63) is 53.7 Å². The van der Waals surface area contributed by atoms with E-state index in [1.54, 1.807) is 11.8 Å². The standard InChI is InChI=1S/C14H16N2S/c1-11-3-2-4-13(9-11)17-14-6-5-12(7-8-15)10-16-14/h2-6,9-10H,7-8,15H2,1H3. The van der Waals surface area contributed by atoms with Crippen LogP contribution in [0.5, 0.6) is 0 Å². The molecule has 2 rings (SSSR count). The molecule has 1 aromatic heterocycles. The molecule has 0 aliphatic carbocycles. The number of aryl methyl sites for hydroxylation is 1. The summed E-state index contributed by atoms with van der Waals surface area (Å²) < 4.78 is 0. The Balaban J connectivity index is 2.08. The van der Waals surface area contributed by atoms with Gasteiger partial charge in [0.05, 0.1) is 0 Å². The summed E-state index contributed by atoms with van der Waals surface area (Å²) in [6.45, 7) is 2.77. The third-order valence-corrected chi connectivity index (χ3v) is 3.38. The number of rotatable bonds is 4. The maximum absolute atomic E-state index is 5.51. The Kier molecular flexibility index (Phi) is 4.18. The fourth-order valence-electron chi connectivity index (χ4n) is 1.59. The van der Waals surface area contributed by atoms with Crippen LogP contribution in [0.1, 0.15) is 11.1 Å². The second kappa shape index (κ2) is 5.84. The van der Waals surface area contributed by atoms with Crippen molar-refractivity contribution in [3.8, 4) is 0 Å². The smallest absolute Gasteiger partial charge is 0.101 e. The van der Waals surface area contributed by atoms with Gasteiger partial charge in [-0.05, 0) is 43.7 Å². The first-order valence-electron chi connectivity index (χ1n) is 5.67. The summed E-state index contributed by atoms with van der Waals surface area (Å²) in [5, 5.41) is 1.02. The highest BCUT2D eigenvalue weighted by Crippen LogP contribution is 2.26. The molecule has 0 saturated carbocycles. The molecular formula is C14H16N2S. The first kappa shape index (κ1) is 12.1. The van der Waals surface area contributed by atoms with E-state index in [1.165, 1.54) is 16.0 Å². The second-order valence-corrected chi connectivity index (χ2v) is 5.06. The molecule has 1 aromatic carbocycles. The largest absolute Gasteiger partial charge is 0.330 e. The average Bonchev–Trinajstić information content (AvgIpc) is 2.32. The van der Waals surface area contributed by atoms with Crippen LogP contribution in [0.25, 0.3) is 0 Å². The molecule has 0 aliphatic heterocycles. The topological polar surface area (TPSA) is 38.9 Å². The molecule has 0 amide bonds. The van der Waals surface area contributed by atoms with Gasteiger partial charge in [0.25, 0.3) is 0 Å². The summed E-state index contributed by atoms with van der Waals surface area (Å²) in [4.78, 5) is 5.66. The number of hydrogen-bond donors (Lipinski definition) is 1. The van der Waals surface area contributed by atoms with E-state index in [9.17, 15) is 0 Å². The Labute approximate surface area is 106 Å². The van der Waals surface area contributed by atoms with Gasteiger partial charge in [-0.1, -0.05) is 35.5 Å². The fraction of sp³-hybridized carbons (Fsp3) is 0.214. The molecule has 17 heavy (non-hydrogen) atoms. The van der Waals surface area contributed by atoms with Crippen LogP contribution in [0, 0.1) is 6.92 Å². The molecule has 0 atom stereocenters. The number of pyridine rings is 1. The van der Waals surface area contributed by atoms with Crippen LogP contribution >= 0.6 is 11.8 Å². The molecule has 3 heteroatoms. The first-order valence-corrected chi connectivity index (χ1v) is 6.49. The van der Waals surface area contributed by atoms with Gasteiger partial charge in [0, 0.05) is 11.1 Å². The maximum Gasteiger partial charge on any atom is 0.101 e. The third kappa shape index (κ3) is 3.58. The second-order valence-electron chi connectivity index (χ2n) is 3.96. The van der Waals surface area contributed by atoms with Gasteiger partial charge in [0.1, 0.15) is 5.03 Å². The van der Waals surface area contributed by atoms with Gasteiger partial charge in [-0.3, -0.25) is 0 Å². The van der Waals surface area contributed by atoms with Crippen LogP contribution < -0.4 is 5.73 Å². The van der Waals surface area contributed by atoms with Crippen molar-refractivity contribution in [2.45, 2.75) is 23.3 Å². The van der Waals surface area contributed by atoms with Gasteiger partial charge in [-0.2, -0.15) is 0 Å². The van der Waals surface area contributed by atoms with E-state index >= 15 is 0 Å². The molecule has 2 nitrogen and oxygen atoms in total. The number of benzene rings is 1. The molecule has 0 unspecified atom stereocenters. The molecule has 0 saturated heterocycles. The highest BCUT2D eigenvalue weighted by atomic mass is 32.2. The van der Waals surface area contributed by atoms with E-state index in [0.717, 1.165) is 11.4 Å². The predicted molar refractivity (Wildman–Crippen MR) is 72.3 cm³/mol. The number of hydrogen-bond acceptors (Lipinski definition) is 3. The maximum atomic E-state index is 5.51. The zero-order valence-electron chi connectivity index (χ0n) is 9.89. The van der Waals surface area contributed by atoms with Crippen LogP contribution in [0.3, 0.4) is 0 Å². The SMILES string of the molecule is Cc1cccc(Sc2ccc(CCN)cn2)c1. The monoisotopic (exact) mass is 244 g/mol. The lowest BCUT2D eigenvalue weighted by molar-refractivity contribution is 0.945. The Morgan fingerprint density at radius 3 is 2.76 bits per heavy atom. The highest BCUT2D eigenvalue weighted by molar-refractivity contribution is 7.99. The third-order valence-electron chi connectivity index (χ3n) is 2.44. The van der Waals surface area contributed by atoms with Crippen molar-refractivity contribution in [2.24, 2.45) is 5.73 Å². The van der Waals surface area contributed by atoms with Gasteiger partial charge >= 0.3 is 0 Å². The van der Waals surface area contributed by atoms with E-state index in [2.05, 4.69) is 48.3 Å². The van der Waals surface area contributed by atoms with Crippen LogP contribution in [0.4, 0.5) is 0 Å². The normalized spacial score (nSPS) is 10.5. The molecule has 2 N–H and O–H groups in total. The zero-order chi connectivity index (χ0) is 12.1. The number of nitrogens with zero attached hydrogens (tertiary/aromatic N) is 1. The molecular weight excluding hydrogens is 228 g/mol. The summed E-state index contributed by atoms with van der Waals surface area (Å²) >= 11 is 1.69. The molecule has 0 bridgehead atoms. The molecule has 0 aliphatic rings. The van der Waals surface area contributed by atoms with Gasteiger partial charge < -0.3 is 5.73 Å². The lowest BCUT2D eigenvalue weighted by Crippen LogP contribution is -2.02. The molecule has 0 radical (unpaired) electrons. The molecule has 2 aromatic rings. The summed E-state index contributed by atoms with van der Waals surface area (Å²) in [6, 6.07) is 12.6.